The maximum atomic E-state index is 9.08. The molecular weight excluding hydrogens is 286 g/mol. The second-order valence-electron chi connectivity index (χ2n) is 4.78. The third-order valence-electron chi connectivity index (χ3n) is 3.25. The number of benzene rings is 2. The predicted octanol–water partition coefficient (Wildman–Crippen LogP) is 4.82. The van der Waals surface area contributed by atoms with Crippen molar-refractivity contribution in [2.45, 2.75) is 26.9 Å². The minimum atomic E-state index is 0.374. The maximum absolute atomic E-state index is 9.08. The first-order valence-electron chi connectivity index (χ1n) is 6.83. The van der Waals surface area contributed by atoms with Gasteiger partial charge in [-0.2, -0.15) is 0 Å². The number of nitrogens with zero attached hydrogens (tertiary/aromatic N) is 1. The summed E-state index contributed by atoms with van der Waals surface area (Å²) in [5, 5.41) is 13.1. The van der Waals surface area contributed by atoms with Gasteiger partial charge in [-0.15, -0.1) is 0 Å². The fraction of sp³-hybridized carbons (Fsp3) is 0.235. The summed E-state index contributed by atoms with van der Waals surface area (Å²) in [5.74, 6) is 0.684. The van der Waals surface area contributed by atoms with Crippen molar-refractivity contribution in [3.8, 4) is 5.75 Å². The van der Waals surface area contributed by atoms with Gasteiger partial charge >= 0.3 is 0 Å². The first-order valence-corrected chi connectivity index (χ1v) is 7.21. The molecule has 0 spiro atoms. The zero-order valence-corrected chi connectivity index (χ0v) is 12.9. The van der Waals surface area contributed by atoms with E-state index in [0.717, 1.165) is 16.7 Å². The number of halogens is 1. The first kappa shape index (κ1) is 15.4. The summed E-state index contributed by atoms with van der Waals surface area (Å²) < 4.78 is 5.85. The number of rotatable bonds is 5. The third-order valence-corrected chi connectivity index (χ3v) is 3.60. The van der Waals surface area contributed by atoms with Crippen molar-refractivity contribution in [2.24, 2.45) is 5.16 Å². The monoisotopic (exact) mass is 303 g/mol. The van der Waals surface area contributed by atoms with E-state index in [2.05, 4.69) is 5.16 Å². The van der Waals surface area contributed by atoms with Gasteiger partial charge in [0.25, 0.3) is 0 Å². The molecule has 0 heterocycles. The highest BCUT2D eigenvalue weighted by Gasteiger charge is 2.10. The smallest absolute Gasteiger partial charge is 0.128 e. The molecular formula is C17H18ClNO2. The molecule has 0 radical (unpaired) electrons. The molecule has 110 valence electrons. The molecule has 3 nitrogen and oxygen atoms in total. The normalized spacial score (nSPS) is 11.5. The molecule has 2 aromatic rings. The molecule has 21 heavy (non-hydrogen) atoms. The van der Waals surface area contributed by atoms with Gasteiger partial charge < -0.3 is 9.94 Å². The van der Waals surface area contributed by atoms with E-state index in [1.54, 1.807) is 0 Å². The Kier molecular flexibility index (Phi) is 5.23. The Morgan fingerprint density at radius 1 is 1.24 bits per heavy atom. The van der Waals surface area contributed by atoms with E-state index in [-0.39, 0.29) is 0 Å². The van der Waals surface area contributed by atoms with Crippen LogP contribution in [0.15, 0.2) is 47.6 Å². The fourth-order valence-corrected chi connectivity index (χ4v) is 2.36. The van der Waals surface area contributed by atoms with Crippen LogP contribution >= 0.6 is 11.6 Å². The van der Waals surface area contributed by atoms with Crippen LogP contribution in [-0.2, 0) is 6.61 Å². The van der Waals surface area contributed by atoms with Gasteiger partial charge in [0.15, 0.2) is 0 Å². The lowest BCUT2D eigenvalue weighted by Gasteiger charge is -2.12. The van der Waals surface area contributed by atoms with Crippen molar-refractivity contribution in [2.75, 3.05) is 0 Å². The van der Waals surface area contributed by atoms with Gasteiger partial charge in [0.05, 0.1) is 5.71 Å². The molecule has 0 atom stereocenters. The van der Waals surface area contributed by atoms with Gasteiger partial charge in [0, 0.05) is 16.1 Å². The number of oxime groups is 1. The minimum Gasteiger partial charge on any atom is -0.488 e. The van der Waals surface area contributed by atoms with Crippen LogP contribution < -0.4 is 4.74 Å². The second kappa shape index (κ2) is 7.14. The lowest BCUT2D eigenvalue weighted by atomic mass is 10.1. The number of hydrogen-bond donors (Lipinski definition) is 1. The highest BCUT2D eigenvalue weighted by molar-refractivity contribution is 6.31. The summed E-state index contributed by atoms with van der Waals surface area (Å²) in [6.07, 6.45) is 0.627. The lowest BCUT2D eigenvalue weighted by Crippen LogP contribution is -2.04. The molecule has 0 aliphatic heterocycles. The van der Waals surface area contributed by atoms with Gasteiger partial charge in [-0.1, -0.05) is 47.9 Å². The first-order chi connectivity index (χ1) is 10.2. The van der Waals surface area contributed by atoms with Crippen LogP contribution in [0.3, 0.4) is 0 Å². The van der Waals surface area contributed by atoms with E-state index in [1.807, 2.05) is 56.3 Å². The van der Waals surface area contributed by atoms with Gasteiger partial charge in [-0.25, -0.2) is 0 Å². The van der Waals surface area contributed by atoms with Crippen molar-refractivity contribution in [1.82, 2.24) is 0 Å². The SMILES string of the molecule is CC/C(=N/O)c1ccccc1OCc1ccc(C)cc1Cl. The van der Waals surface area contributed by atoms with E-state index in [0.29, 0.717) is 29.5 Å². The van der Waals surface area contributed by atoms with E-state index < -0.39 is 0 Å². The Morgan fingerprint density at radius 3 is 2.67 bits per heavy atom. The molecule has 0 aliphatic rings. The summed E-state index contributed by atoms with van der Waals surface area (Å²) >= 11 is 6.21. The van der Waals surface area contributed by atoms with Crippen molar-refractivity contribution in [3.63, 3.8) is 0 Å². The van der Waals surface area contributed by atoms with Gasteiger partial charge in [0.2, 0.25) is 0 Å². The van der Waals surface area contributed by atoms with E-state index in [4.69, 9.17) is 21.5 Å². The second-order valence-corrected chi connectivity index (χ2v) is 5.19. The maximum Gasteiger partial charge on any atom is 0.128 e. The van der Waals surface area contributed by atoms with Crippen LogP contribution in [-0.4, -0.2) is 10.9 Å². The summed E-state index contributed by atoms with van der Waals surface area (Å²) in [5.41, 5.74) is 3.44. The molecule has 0 fully saturated rings. The molecule has 2 rings (SSSR count). The van der Waals surface area contributed by atoms with Crippen molar-refractivity contribution < 1.29 is 9.94 Å². The van der Waals surface area contributed by atoms with Crippen LogP contribution in [0.4, 0.5) is 0 Å². The highest BCUT2D eigenvalue weighted by atomic mass is 35.5. The highest BCUT2D eigenvalue weighted by Crippen LogP contribution is 2.24. The van der Waals surface area contributed by atoms with Crippen molar-refractivity contribution >= 4 is 17.3 Å². The molecule has 0 amide bonds. The number of ether oxygens (including phenoxy) is 1. The number of hydrogen-bond acceptors (Lipinski definition) is 3. The average molecular weight is 304 g/mol. The Hall–Kier alpha value is -2.00. The topological polar surface area (TPSA) is 41.8 Å². The Balaban J connectivity index is 2.20. The molecule has 0 aliphatic carbocycles. The fourth-order valence-electron chi connectivity index (χ4n) is 2.07. The largest absolute Gasteiger partial charge is 0.488 e. The summed E-state index contributed by atoms with van der Waals surface area (Å²) in [6, 6.07) is 13.4. The molecule has 0 unspecified atom stereocenters. The average Bonchev–Trinajstić information content (AvgIpc) is 2.49. The standard InChI is InChI=1S/C17H18ClNO2/c1-3-16(19-20)14-6-4-5-7-17(14)21-11-13-9-8-12(2)10-15(13)18/h4-10,20H,3,11H2,1-2H3/b19-16-. The van der Waals surface area contributed by atoms with Crippen LogP contribution in [0.5, 0.6) is 5.75 Å². The minimum absolute atomic E-state index is 0.374. The molecule has 0 aromatic heterocycles. The van der Waals surface area contributed by atoms with E-state index in [9.17, 15) is 0 Å². The van der Waals surface area contributed by atoms with Crippen LogP contribution in [0.2, 0.25) is 5.02 Å². The Morgan fingerprint density at radius 2 is 2.00 bits per heavy atom. The summed E-state index contributed by atoms with van der Waals surface area (Å²) in [6.45, 7) is 4.30. The van der Waals surface area contributed by atoms with Crippen molar-refractivity contribution in [1.29, 1.82) is 0 Å². The van der Waals surface area contributed by atoms with Gasteiger partial charge in [0.1, 0.15) is 12.4 Å². The zero-order chi connectivity index (χ0) is 15.2. The summed E-state index contributed by atoms with van der Waals surface area (Å²) in [7, 11) is 0. The third kappa shape index (κ3) is 3.76. The van der Waals surface area contributed by atoms with E-state index >= 15 is 0 Å². The molecule has 2 aromatic carbocycles. The van der Waals surface area contributed by atoms with E-state index in [1.165, 1.54) is 0 Å². The Bertz CT molecular complexity index is 653. The molecule has 0 bridgehead atoms. The van der Waals surface area contributed by atoms with Crippen LogP contribution in [0, 0.1) is 6.92 Å². The van der Waals surface area contributed by atoms with Crippen LogP contribution in [0.25, 0.3) is 0 Å². The van der Waals surface area contributed by atoms with Crippen molar-refractivity contribution in [3.05, 3.63) is 64.2 Å². The van der Waals surface area contributed by atoms with Gasteiger partial charge in [-0.05, 0) is 37.1 Å². The molecule has 4 heteroatoms. The summed E-state index contributed by atoms with van der Waals surface area (Å²) in [4.78, 5) is 0. The zero-order valence-electron chi connectivity index (χ0n) is 12.1. The molecule has 0 saturated heterocycles. The number of para-hydroxylation sites is 1. The van der Waals surface area contributed by atoms with Gasteiger partial charge in [-0.3, -0.25) is 0 Å². The quantitative estimate of drug-likeness (QED) is 0.489. The Labute approximate surface area is 129 Å². The number of aryl methyl sites for hydroxylation is 1. The molecule has 1 N–H and O–H groups in total. The molecule has 0 saturated carbocycles. The predicted molar refractivity (Wildman–Crippen MR) is 85.6 cm³/mol. The van der Waals surface area contributed by atoms with Crippen LogP contribution in [0.1, 0.15) is 30.0 Å². The lowest BCUT2D eigenvalue weighted by molar-refractivity contribution is 0.303.